The molecule has 20 heavy (non-hydrogen) atoms. The smallest absolute Gasteiger partial charge is 0.422 e. The van der Waals surface area contributed by atoms with Crippen molar-refractivity contribution in [1.29, 1.82) is 0 Å². The summed E-state index contributed by atoms with van der Waals surface area (Å²) in [4.78, 5) is 12.7. The Morgan fingerprint density at radius 2 is 1.85 bits per heavy atom. The minimum atomic E-state index is -4.52. The van der Waals surface area contributed by atoms with E-state index < -0.39 is 18.9 Å². The maximum absolute atomic E-state index is 12.0. The molecule has 112 valence electrons. The van der Waals surface area contributed by atoms with Crippen molar-refractivity contribution in [2.24, 2.45) is 0 Å². The average molecular weight is 291 g/mol. The Balaban J connectivity index is 2.59. The summed E-state index contributed by atoms with van der Waals surface area (Å²) in [6.07, 6.45) is -5.50. The Labute approximate surface area is 115 Å². The first-order valence-electron chi connectivity index (χ1n) is 5.97. The first kappa shape index (κ1) is 16.1. The molecule has 1 amide bonds. The third-order valence-corrected chi connectivity index (χ3v) is 2.53. The Morgan fingerprint density at radius 3 is 2.30 bits per heavy atom. The van der Waals surface area contributed by atoms with Crippen molar-refractivity contribution in [2.45, 2.75) is 19.6 Å². The van der Waals surface area contributed by atoms with Gasteiger partial charge in [0.25, 0.3) is 0 Å². The number of benzene rings is 1. The molecular formula is C13H16F3NO3. The molecule has 1 aromatic rings. The van der Waals surface area contributed by atoms with Crippen LogP contribution in [0.3, 0.4) is 0 Å². The molecule has 0 aliphatic heterocycles. The highest BCUT2D eigenvalue weighted by molar-refractivity contribution is 5.67. The van der Waals surface area contributed by atoms with Crippen LogP contribution < -0.4 is 4.74 Å². The number of halogens is 3. The molecule has 0 N–H and O–H groups in total. The van der Waals surface area contributed by atoms with Gasteiger partial charge < -0.3 is 14.4 Å². The molecular weight excluding hydrogens is 275 g/mol. The van der Waals surface area contributed by atoms with Gasteiger partial charge in [0.05, 0.1) is 7.11 Å². The van der Waals surface area contributed by atoms with Crippen LogP contribution >= 0.6 is 0 Å². The van der Waals surface area contributed by atoms with E-state index in [1.54, 1.807) is 31.2 Å². The molecule has 4 nitrogen and oxygen atoms in total. The molecule has 0 heterocycles. The van der Waals surface area contributed by atoms with E-state index in [0.29, 0.717) is 5.75 Å². The topological polar surface area (TPSA) is 38.8 Å². The normalized spacial score (nSPS) is 11.1. The fraction of sp³-hybridized carbons (Fsp3) is 0.462. The molecule has 0 saturated carbocycles. The summed E-state index contributed by atoms with van der Waals surface area (Å²) in [6.45, 7) is 0.517. The highest BCUT2D eigenvalue weighted by Crippen LogP contribution is 2.16. The lowest BCUT2D eigenvalue weighted by molar-refractivity contribution is -0.162. The number of alkyl halides is 3. The van der Waals surface area contributed by atoms with Gasteiger partial charge >= 0.3 is 12.3 Å². The van der Waals surface area contributed by atoms with Crippen molar-refractivity contribution in [3.05, 3.63) is 29.8 Å². The van der Waals surface area contributed by atoms with E-state index in [9.17, 15) is 18.0 Å². The Hall–Kier alpha value is -1.92. The molecule has 0 atom stereocenters. The second-order valence-corrected chi connectivity index (χ2v) is 4.03. The quantitative estimate of drug-likeness (QED) is 0.836. The number of rotatable bonds is 5. The molecule has 7 heteroatoms. The number of carbonyl (C=O) groups is 1. The van der Waals surface area contributed by atoms with Crippen molar-refractivity contribution < 1.29 is 27.4 Å². The molecule has 0 aromatic heterocycles. The molecule has 1 rings (SSSR count). The second kappa shape index (κ2) is 7.02. The molecule has 0 unspecified atom stereocenters. The fourth-order valence-electron chi connectivity index (χ4n) is 1.49. The van der Waals surface area contributed by atoms with E-state index in [-0.39, 0.29) is 13.1 Å². The number of nitrogens with zero attached hydrogens (tertiary/aromatic N) is 1. The first-order chi connectivity index (χ1) is 9.35. The van der Waals surface area contributed by atoms with Crippen LogP contribution in [0.5, 0.6) is 5.75 Å². The standard InChI is InChI=1S/C13H16F3NO3/c1-3-17(12(18)20-9-13(14,15)16)8-10-4-6-11(19-2)7-5-10/h4-7H,3,8-9H2,1-2H3. The Bertz CT molecular complexity index is 431. The second-order valence-electron chi connectivity index (χ2n) is 4.03. The SMILES string of the molecule is CCN(Cc1ccc(OC)cc1)C(=O)OCC(F)(F)F. The monoisotopic (exact) mass is 291 g/mol. The number of hydrogen-bond acceptors (Lipinski definition) is 3. The summed E-state index contributed by atoms with van der Waals surface area (Å²) < 4.78 is 45.2. The third kappa shape index (κ3) is 5.38. The van der Waals surface area contributed by atoms with Gasteiger partial charge in [-0.15, -0.1) is 0 Å². The minimum Gasteiger partial charge on any atom is -0.497 e. The average Bonchev–Trinajstić information content (AvgIpc) is 2.42. The van der Waals surface area contributed by atoms with Gasteiger partial charge in [-0.1, -0.05) is 12.1 Å². The largest absolute Gasteiger partial charge is 0.497 e. The van der Waals surface area contributed by atoms with Crippen LogP contribution in [0.25, 0.3) is 0 Å². The molecule has 0 aliphatic rings. The van der Waals surface area contributed by atoms with E-state index in [1.807, 2.05) is 0 Å². The summed E-state index contributed by atoms with van der Waals surface area (Å²) in [5, 5.41) is 0. The van der Waals surface area contributed by atoms with Gasteiger partial charge in [0, 0.05) is 13.1 Å². The number of carbonyl (C=O) groups excluding carboxylic acids is 1. The molecule has 1 aromatic carbocycles. The van der Waals surface area contributed by atoms with Crippen LogP contribution in [-0.4, -0.2) is 37.4 Å². The Morgan fingerprint density at radius 1 is 1.25 bits per heavy atom. The molecule has 0 fully saturated rings. The molecule has 0 bridgehead atoms. The van der Waals surface area contributed by atoms with Crippen LogP contribution in [0.1, 0.15) is 12.5 Å². The van der Waals surface area contributed by atoms with E-state index in [1.165, 1.54) is 12.0 Å². The number of ether oxygens (including phenoxy) is 2. The maximum atomic E-state index is 12.0. The van der Waals surface area contributed by atoms with Crippen molar-refractivity contribution in [1.82, 2.24) is 4.90 Å². The van der Waals surface area contributed by atoms with Gasteiger partial charge in [0.2, 0.25) is 0 Å². The zero-order chi connectivity index (χ0) is 15.2. The molecule has 0 aliphatic carbocycles. The highest BCUT2D eigenvalue weighted by Gasteiger charge is 2.30. The van der Waals surface area contributed by atoms with Gasteiger partial charge in [0.1, 0.15) is 5.75 Å². The van der Waals surface area contributed by atoms with Gasteiger partial charge in [-0.3, -0.25) is 0 Å². The van der Waals surface area contributed by atoms with E-state index in [2.05, 4.69) is 4.74 Å². The predicted octanol–water partition coefficient (Wildman–Crippen LogP) is 3.22. The number of methoxy groups -OCH3 is 1. The van der Waals surface area contributed by atoms with Crippen molar-refractivity contribution >= 4 is 6.09 Å². The zero-order valence-corrected chi connectivity index (χ0v) is 11.2. The summed E-state index contributed by atoms with van der Waals surface area (Å²) in [5.41, 5.74) is 0.775. The molecule has 0 spiro atoms. The summed E-state index contributed by atoms with van der Waals surface area (Å²) in [5.74, 6) is 0.663. The summed E-state index contributed by atoms with van der Waals surface area (Å²) >= 11 is 0. The lowest BCUT2D eigenvalue weighted by atomic mass is 10.2. The third-order valence-electron chi connectivity index (χ3n) is 2.53. The van der Waals surface area contributed by atoms with Crippen molar-refractivity contribution in [3.8, 4) is 5.75 Å². The van der Waals surface area contributed by atoms with Crippen molar-refractivity contribution in [3.63, 3.8) is 0 Å². The number of hydrogen-bond donors (Lipinski definition) is 0. The first-order valence-corrected chi connectivity index (χ1v) is 5.97. The van der Waals surface area contributed by atoms with Gasteiger partial charge in [-0.25, -0.2) is 4.79 Å². The zero-order valence-electron chi connectivity index (χ0n) is 11.2. The molecule has 0 radical (unpaired) electrons. The van der Waals surface area contributed by atoms with Gasteiger partial charge in [-0.2, -0.15) is 13.2 Å². The number of amides is 1. The highest BCUT2D eigenvalue weighted by atomic mass is 19.4. The predicted molar refractivity (Wildman–Crippen MR) is 66.5 cm³/mol. The van der Waals surface area contributed by atoms with Crippen LogP contribution in [0.15, 0.2) is 24.3 Å². The maximum Gasteiger partial charge on any atom is 0.422 e. The van der Waals surface area contributed by atoms with E-state index >= 15 is 0 Å². The molecule has 0 saturated heterocycles. The summed E-state index contributed by atoms with van der Waals surface area (Å²) in [7, 11) is 1.53. The van der Waals surface area contributed by atoms with E-state index in [4.69, 9.17) is 4.74 Å². The summed E-state index contributed by atoms with van der Waals surface area (Å²) in [6, 6.07) is 6.89. The van der Waals surface area contributed by atoms with Crippen LogP contribution in [0.2, 0.25) is 0 Å². The van der Waals surface area contributed by atoms with Gasteiger partial charge in [0.15, 0.2) is 6.61 Å². The van der Waals surface area contributed by atoms with Crippen LogP contribution in [0, 0.1) is 0 Å². The lowest BCUT2D eigenvalue weighted by Gasteiger charge is -2.21. The Kier molecular flexibility index (Phi) is 5.66. The van der Waals surface area contributed by atoms with Crippen LogP contribution in [-0.2, 0) is 11.3 Å². The van der Waals surface area contributed by atoms with Gasteiger partial charge in [-0.05, 0) is 24.6 Å². The van der Waals surface area contributed by atoms with Crippen molar-refractivity contribution in [2.75, 3.05) is 20.3 Å². The minimum absolute atomic E-state index is 0.178. The fourth-order valence-corrected chi connectivity index (χ4v) is 1.49. The lowest BCUT2D eigenvalue weighted by Crippen LogP contribution is -2.33. The van der Waals surface area contributed by atoms with Crippen LogP contribution in [0.4, 0.5) is 18.0 Å². The van der Waals surface area contributed by atoms with E-state index in [0.717, 1.165) is 5.56 Å².